The highest BCUT2D eigenvalue weighted by Crippen LogP contribution is 2.40. The van der Waals surface area contributed by atoms with E-state index in [1.807, 2.05) is 51.1 Å². The average Bonchev–Trinajstić information content (AvgIpc) is 2.25. The third kappa shape index (κ3) is 2.67. The van der Waals surface area contributed by atoms with Crippen LogP contribution >= 0.6 is 0 Å². The summed E-state index contributed by atoms with van der Waals surface area (Å²) in [4.78, 5) is 11.1. The van der Waals surface area contributed by atoms with Gasteiger partial charge in [0.2, 0.25) is 0 Å². The summed E-state index contributed by atoms with van der Waals surface area (Å²) in [6.07, 6.45) is 0.754. The Kier molecular flexibility index (Phi) is 3.94. The maximum Gasteiger partial charge on any atom is 0.304 e. The fraction of sp³-hybridized carbons (Fsp3) is 0.500. The van der Waals surface area contributed by atoms with Gasteiger partial charge in [-0.25, -0.2) is 0 Å². The highest BCUT2D eigenvalue weighted by molar-refractivity contribution is 5.69. The SMILES string of the molecule is CCC(CC(=O)O)(c1ccccc1)C(C)(C)N. The molecule has 0 spiro atoms. The largest absolute Gasteiger partial charge is 0.481 e. The minimum Gasteiger partial charge on any atom is -0.481 e. The maximum absolute atomic E-state index is 11.1. The van der Waals surface area contributed by atoms with E-state index in [0.29, 0.717) is 6.42 Å². The molecule has 1 aromatic rings. The Labute approximate surface area is 103 Å². The van der Waals surface area contributed by atoms with Gasteiger partial charge in [-0.1, -0.05) is 37.3 Å². The highest BCUT2D eigenvalue weighted by Gasteiger charge is 2.44. The molecule has 3 heteroatoms. The van der Waals surface area contributed by atoms with Gasteiger partial charge in [0.15, 0.2) is 0 Å². The predicted molar refractivity (Wildman–Crippen MR) is 68.9 cm³/mol. The van der Waals surface area contributed by atoms with Crippen LogP contribution in [0.1, 0.15) is 39.2 Å². The molecular formula is C14H21NO2. The van der Waals surface area contributed by atoms with E-state index < -0.39 is 16.9 Å². The van der Waals surface area contributed by atoms with Crippen molar-refractivity contribution < 1.29 is 9.90 Å². The lowest BCUT2D eigenvalue weighted by atomic mass is 9.63. The number of aliphatic carboxylic acids is 1. The summed E-state index contributed by atoms with van der Waals surface area (Å²) in [6.45, 7) is 5.78. The number of carboxylic acids is 1. The number of hydrogen-bond donors (Lipinski definition) is 2. The number of hydrogen-bond acceptors (Lipinski definition) is 2. The summed E-state index contributed by atoms with van der Waals surface area (Å²) < 4.78 is 0. The lowest BCUT2D eigenvalue weighted by molar-refractivity contribution is -0.139. The Hall–Kier alpha value is -1.35. The molecule has 0 radical (unpaired) electrons. The summed E-state index contributed by atoms with van der Waals surface area (Å²) in [5.74, 6) is -0.811. The third-order valence-electron chi connectivity index (χ3n) is 3.62. The van der Waals surface area contributed by atoms with E-state index in [2.05, 4.69) is 0 Å². The van der Waals surface area contributed by atoms with Crippen molar-refractivity contribution in [1.82, 2.24) is 0 Å². The van der Waals surface area contributed by atoms with Gasteiger partial charge in [0.05, 0.1) is 6.42 Å². The van der Waals surface area contributed by atoms with Crippen molar-refractivity contribution in [2.75, 3.05) is 0 Å². The van der Waals surface area contributed by atoms with E-state index in [1.165, 1.54) is 0 Å². The van der Waals surface area contributed by atoms with E-state index in [9.17, 15) is 4.79 Å². The Morgan fingerprint density at radius 3 is 2.18 bits per heavy atom. The van der Waals surface area contributed by atoms with Crippen molar-refractivity contribution in [3.63, 3.8) is 0 Å². The number of nitrogens with two attached hydrogens (primary N) is 1. The van der Waals surface area contributed by atoms with E-state index >= 15 is 0 Å². The molecule has 0 aromatic heterocycles. The van der Waals surface area contributed by atoms with Crippen molar-refractivity contribution in [2.45, 2.75) is 44.6 Å². The first-order valence-electron chi connectivity index (χ1n) is 5.89. The standard InChI is InChI=1S/C14H21NO2/c1-4-14(10-12(16)17,13(2,3)15)11-8-6-5-7-9-11/h5-9H,4,10,15H2,1-3H3,(H,16,17). The fourth-order valence-corrected chi connectivity index (χ4v) is 2.50. The first-order valence-corrected chi connectivity index (χ1v) is 5.89. The lowest BCUT2D eigenvalue weighted by Gasteiger charge is -2.43. The first-order chi connectivity index (χ1) is 7.83. The number of carbonyl (C=O) groups is 1. The molecule has 0 aliphatic carbocycles. The second kappa shape index (κ2) is 4.88. The Morgan fingerprint density at radius 2 is 1.82 bits per heavy atom. The molecule has 1 aromatic carbocycles. The summed E-state index contributed by atoms with van der Waals surface area (Å²) in [7, 11) is 0. The molecule has 0 saturated carbocycles. The first kappa shape index (κ1) is 13.7. The van der Waals surface area contributed by atoms with Crippen molar-refractivity contribution in [3.8, 4) is 0 Å². The smallest absolute Gasteiger partial charge is 0.304 e. The molecule has 3 nitrogen and oxygen atoms in total. The van der Waals surface area contributed by atoms with Gasteiger partial charge >= 0.3 is 5.97 Å². The van der Waals surface area contributed by atoms with E-state index in [1.54, 1.807) is 0 Å². The third-order valence-corrected chi connectivity index (χ3v) is 3.62. The van der Waals surface area contributed by atoms with Crippen molar-refractivity contribution in [2.24, 2.45) is 5.73 Å². The fourth-order valence-electron chi connectivity index (χ4n) is 2.50. The second-order valence-corrected chi connectivity index (χ2v) is 5.09. The summed E-state index contributed by atoms with van der Waals surface area (Å²) in [5.41, 5.74) is 6.13. The lowest BCUT2D eigenvalue weighted by Crippen LogP contribution is -2.54. The average molecular weight is 235 g/mol. The molecule has 0 fully saturated rings. The molecule has 3 N–H and O–H groups in total. The van der Waals surface area contributed by atoms with Gasteiger partial charge in [0.1, 0.15) is 0 Å². The van der Waals surface area contributed by atoms with Crippen LogP contribution in [0.4, 0.5) is 0 Å². The van der Waals surface area contributed by atoms with E-state index in [0.717, 1.165) is 5.56 Å². The minimum absolute atomic E-state index is 0.0526. The zero-order valence-electron chi connectivity index (χ0n) is 10.7. The van der Waals surface area contributed by atoms with Crippen LogP contribution in [0.2, 0.25) is 0 Å². The van der Waals surface area contributed by atoms with Gasteiger partial charge in [-0.3, -0.25) is 4.79 Å². The van der Waals surface area contributed by atoms with E-state index in [4.69, 9.17) is 10.8 Å². The van der Waals surface area contributed by atoms with Crippen LogP contribution in [-0.4, -0.2) is 16.6 Å². The zero-order chi connectivity index (χ0) is 13.1. The maximum atomic E-state index is 11.1. The predicted octanol–water partition coefficient (Wildman–Crippen LogP) is 2.55. The molecule has 0 bridgehead atoms. The molecule has 1 rings (SSSR count). The highest BCUT2D eigenvalue weighted by atomic mass is 16.4. The molecule has 0 amide bonds. The summed E-state index contributed by atoms with van der Waals surface area (Å²) in [6, 6.07) is 9.69. The second-order valence-electron chi connectivity index (χ2n) is 5.09. The molecule has 17 heavy (non-hydrogen) atoms. The van der Waals surface area contributed by atoms with Crippen LogP contribution in [0.5, 0.6) is 0 Å². The van der Waals surface area contributed by atoms with Crippen molar-refractivity contribution in [1.29, 1.82) is 0 Å². The Balaban J connectivity index is 3.31. The monoisotopic (exact) mass is 235 g/mol. The van der Waals surface area contributed by atoms with Crippen LogP contribution in [0, 0.1) is 0 Å². The Bertz CT molecular complexity index is 381. The Morgan fingerprint density at radius 1 is 1.29 bits per heavy atom. The molecular weight excluding hydrogens is 214 g/mol. The van der Waals surface area contributed by atoms with Crippen LogP contribution in [0.25, 0.3) is 0 Å². The van der Waals surface area contributed by atoms with Crippen LogP contribution in [0.3, 0.4) is 0 Å². The van der Waals surface area contributed by atoms with Gasteiger partial charge in [-0.15, -0.1) is 0 Å². The molecule has 1 atom stereocenters. The minimum atomic E-state index is -0.811. The molecule has 1 unspecified atom stereocenters. The van der Waals surface area contributed by atoms with Crippen molar-refractivity contribution >= 4 is 5.97 Å². The molecule has 0 saturated heterocycles. The molecule has 0 heterocycles. The summed E-state index contributed by atoms with van der Waals surface area (Å²) >= 11 is 0. The van der Waals surface area contributed by atoms with Gasteiger partial charge in [0.25, 0.3) is 0 Å². The quantitative estimate of drug-likeness (QED) is 0.824. The van der Waals surface area contributed by atoms with Crippen LogP contribution in [-0.2, 0) is 10.2 Å². The topological polar surface area (TPSA) is 63.3 Å². The summed E-state index contributed by atoms with van der Waals surface area (Å²) in [5, 5.41) is 9.15. The van der Waals surface area contributed by atoms with Gasteiger partial charge in [0, 0.05) is 11.0 Å². The molecule has 0 aliphatic rings. The van der Waals surface area contributed by atoms with E-state index in [-0.39, 0.29) is 6.42 Å². The van der Waals surface area contributed by atoms with Crippen LogP contribution in [0.15, 0.2) is 30.3 Å². The number of carboxylic acid groups (broad SMARTS) is 1. The number of rotatable bonds is 5. The molecule has 94 valence electrons. The molecule has 0 aliphatic heterocycles. The zero-order valence-corrected chi connectivity index (χ0v) is 10.7. The van der Waals surface area contributed by atoms with Gasteiger partial charge in [-0.2, -0.15) is 0 Å². The normalized spacial score (nSPS) is 15.3. The van der Waals surface area contributed by atoms with Crippen LogP contribution < -0.4 is 5.73 Å². The van der Waals surface area contributed by atoms with Gasteiger partial charge < -0.3 is 10.8 Å². The van der Waals surface area contributed by atoms with Gasteiger partial charge in [-0.05, 0) is 25.8 Å². The number of benzene rings is 1. The van der Waals surface area contributed by atoms with Crippen molar-refractivity contribution in [3.05, 3.63) is 35.9 Å².